The van der Waals surface area contributed by atoms with Crippen LogP contribution in [0.2, 0.25) is 0 Å². The predicted molar refractivity (Wildman–Crippen MR) is 87.4 cm³/mol. The SMILES string of the molecule is Cc1cccc(C)c1-c1c(N)c(C(N)=O)cc2nccnc12. The third-order valence-electron chi connectivity index (χ3n) is 3.80. The molecule has 0 spiro atoms. The van der Waals surface area contributed by atoms with Gasteiger partial charge in [-0.15, -0.1) is 0 Å². The maximum atomic E-state index is 11.7. The first-order valence-corrected chi connectivity index (χ1v) is 6.90. The zero-order valence-electron chi connectivity index (χ0n) is 12.4. The van der Waals surface area contributed by atoms with E-state index in [4.69, 9.17) is 11.5 Å². The largest absolute Gasteiger partial charge is 0.398 e. The molecule has 4 N–H and O–H groups in total. The summed E-state index contributed by atoms with van der Waals surface area (Å²) in [5.74, 6) is -0.572. The first-order valence-electron chi connectivity index (χ1n) is 6.90. The lowest BCUT2D eigenvalue weighted by atomic mass is 9.91. The number of hydrogen-bond donors (Lipinski definition) is 2. The summed E-state index contributed by atoms with van der Waals surface area (Å²) in [6.07, 6.45) is 3.20. The molecule has 0 aliphatic rings. The van der Waals surface area contributed by atoms with Crippen LogP contribution in [0.5, 0.6) is 0 Å². The molecule has 22 heavy (non-hydrogen) atoms. The van der Waals surface area contributed by atoms with Gasteiger partial charge in [0.25, 0.3) is 5.91 Å². The Labute approximate surface area is 128 Å². The normalized spacial score (nSPS) is 10.8. The number of amides is 1. The van der Waals surface area contributed by atoms with Crippen molar-refractivity contribution >= 4 is 22.6 Å². The van der Waals surface area contributed by atoms with Crippen LogP contribution in [0.3, 0.4) is 0 Å². The van der Waals surface area contributed by atoms with Crippen LogP contribution in [-0.2, 0) is 0 Å². The zero-order valence-corrected chi connectivity index (χ0v) is 12.4. The third kappa shape index (κ3) is 2.07. The van der Waals surface area contributed by atoms with Crippen molar-refractivity contribution in [2.45, 2.75) is 13.8 Å². The van der Waals surface area contributed by atoms with Crippen LogP contribution in [-0.4, -0.2) is 15.9 Å². The lowest BCUT2D eigenvalue weighted by Crippen LogP contribution is -2.15. The maximum absolute atomic E-state index is 11.7. The molecule has 0 atom stereocenters. The molecule has 110 valence electrons. The van der Waals surface area contributed by atoms with Crippen LogP contribution in [0.15, 0.2) is 36.7 Å². The number of fused-ring (bicyclic) bond motifs is 1. The number of carbonyl (C=O) groups is 1. The molecule has 1 heterocycles. The van der Waals surface area contributed by atoms with Crippen molar-refractivity contribution in [3.8, 4) is 11.1 Å². The van der Waals surface area contributed by atoms with Gasteiger partial charge in [-0.05, 0) is 36.6 Å². The lowest BCUT2D eigenvalue weighted by molar-refractivity contribution is 0.100. The van der Waals surface area contributed by atoms with Gasteiger partial charge in [0.2, 0.25) is 0 Å². The van der Waals surface area contributed by atoms with Crippen molar-refractivity contribution < 1.29 is 4.79 Å². The Morgan fingerprint density at radius 2 is 1.68 bits per heavy atom. The van der Waals surface area contributed by atoms with Crippen molar-refractivity contribution in [1.29, 1.82) is 0 Å². The fraction of sp³-hybridized carbons (Fsp3) is 0.118. The summed E-state index contributed by atoms with van der Waals surface area (Å²) < 4.78 is 0. The first-order chi connectivity index (χ1) is 10.5. The molecule has 0 saturated heterocycles. The first kappa shape index (κ1) is 14.0. The molecule has 0 aliphatic carbocycles. The third-order valence-corrected chi connectivity index (χ3v) is 3.80. The Morgan fingerprint density at radius 3 is 2.32 bits per heavy atom. The van der Waals surface area contributed by atoms with E-state index >= 15 is 0 Å². The maximum Gasteiger partial charge on any atom is 0.250 e. The molecule has 0 fully saturated rings. The highest BCUT2D eigenvalue weighted by atomic mass is 16.1. The average molecular weight is 292 g/mol. The quantitative estimate of drug-likeness (QED) is 0.710. The Kier molecular flexibility index (Phi) is 3.25. The van der Waals surface area contributed by atoms with Gasteiger partial charge < -0.3 is 11.5 Å². The standard InChI is InChI=1S/C17H16N4O/c1-9-4-3-5-10(2)13(9)14-15(18)11(17(19)22)8-12-16(14)21-7-6-20-12/h3-8H,18H2,1-2H3,(H2,19,22). The highest BCUT2D eigenvalue weighted by Crippen LogP contribution is 2.38. The second-order valence-electron chi connectivity index (χ2n) is 5.27. The molecule has 0 radical (unpaired) electrons. The van der Waals surface area contributed by atoms with Crippen molar-refractivity contribution in [3.05, 3.63) is 53.3 Å². The van der Waals surface area contributed by atoms with Crippen LogP contribution in [0, 0.1) is 13.8 Å². The number of aromatic nitrogens is 2. The van der Waals surface area contributed by atoms with Gasteiger partial charge in [-0.1, -0.05) is 18.2 Å². The van der Waals surface area contributed by atoms with Crippen molar-refractivity contribution in [2.24, 2.45) is 5.73 Å². The number of primary amides is 1. The number of carbonyl (C=O) groups excluding carboxylic acids is 1. The average Bonchev–Trinajstić information content (AvgIpc) is 2.48. The van der Waals surface area contributed by atoms with Gasteiger partial charge in [-0.3, -0.25) is 14.8 Å². The fourth-order valence-corrected chi connectivity index (χ4v) is 2.79. The number of nitrogens with zero attached hydrogens (tertiary/aromatic N) is 2. The molecule has 0 saturated carbocycles. The minimum Gasteiger partial charge on any atom is -0.398 e. The van der Waals surface area contributed by atoms with Gasteiger partial charge in [-0.25, -0.2) is 0 Å². The molecule has 2 aromatic carbocycles. The summed E-state index contributed by atoms with van der Waals surface area (Å²) in [6, 6.07) is 7.58. The Morgan fingerprint density at radius 1 is 1.05 bits per heavy atom. The van der Waals surface area contributed by atoms with Gasteiger partial charge in [0, 0.05) is 18.0 Å². The predicted octanol–water partition coefficient (Wildman–Crippen LogP) is 2.59. The summed E-state index contributed by atoms with van der Waals surface area (Å²) in [5.41, 5.74) is 17.4. The summed E-state index contributed by atoms with van der Waals surface area (Å²) in [5, 5.41) is 0. The molecule has 1 amide bonds. The van der Waals surface area contributed by atoms with Crippen LogP contribution >= 0.6 is 0 Å². The second kappa shape index (κ2) is 5.11. The van der Waals surface area contributed by atoms with Crippen molar-refractivity contribution in [3.63, 3.8) is 0 Å². The molecule has 0 unspecified atom stereocenters. The minimum atomic E-state index is -0.572. The molecular weight excluding hydrogens is 276 g/mol. The summed E-state index contributed by atoms with van der Waals surface area (Å²) in [7, 11) is 0. The van der Waals surface area contributed by atoms with Crippen LogP contribution in [0.4, 0.5) is 5.69 Å². The van der Waals surface area contributed by atoms with E-state index in [0.717, 1.165) is 22.3 Å². The summed E-state index contributed by atoms with van der Waals surface area (Å²) >= 11 is 0. The zero-order chi connectivity index (χ0) is 15.9. The number of aryl methyl sites for hydroxylation is 2. The number of benzene rings is 2. The molecule has 1 aromatic heterocycles. The van der Waals surface area contributed by atoms with E-state index < -0.39 is 5.91 Å². The monoisotopic (exact) mass is 292 g/mol. The summed E-state index contributed by atoms with van der Waals surface area (Å²) in [4.78, 5) is 20.4. The highest BCUT2D eigenvalue weighted by molar-refractivity contribution is 6.10. The molecule has 3 aromatic rings. The van der Waals surface area contributed by atoms with Crippen LogP contribution in [0.1, 0.15) is 21.5 Å². The molecule has 0 bridgehead atoms. The van der Waals surface area contributed by atoms with Crippen molar-refractivity contribution in [1.82, 2.24) is 9.97 Å². The molecule has 0 aliphatic heterocycles. The van der Waals surface area contributed by atoms with Crippen LogP contribution in [0.25, 0.3) is 22.2 Å². The highest BCUT2D eigenvalue weighted by Gasteiger charge is 2.19. The lowest BCUT2D eigenvalue weighted by Gasteiger charge is -2.16. The number of hydrogen-bond acceptors (Lipinski definition) is 4. The van der Waals surface area contributed by atoms with Gasteiger partial charge in [-0.2, -0.15) is 0 Å². The van der Waals surface area contributed by atoms with Gasteiger partial charge in [0.1, 0.15) is 0 Å². The number of anilines is 1. The Balaban J connectivity index is 2.52. The summed E-state index contributed by atoms with van der Waals surface area (Å²) in [6.45, 7) is 4.00. The van der Waals surface area contributed by atoms with E-state index in [-0.39, 0.29) is 5.56 Å². The number of nitrogen functional groups attached to an aromatic ring is 1. The van der Waals surface area contributed by atoms with Crippen LogP contribution < -0.4 is 11.5 Å². The topological polar surface area (TPSA) is 94.9 Å². The molecule has 3 rings (SSSR count). The van der Waals surface area contributed by atoms with E-state index in [1.54, 1.807) is 18.5 Å². The number of nitrogens with two attached hydrogens (primary N) is 2. The Hall–Kier alpha value is -2.95. The van der Waals surface area contributed by atoms with E-state index in [1.807, 2.05) is 32.0 Å². The molecule has 5 heteroatoms. The Bertz CT molecular complexity index is 882. The minimum absolute atomic E-state index is 0.269. The second-order valence-corrected chi connectivity index (χ2v) is 5.27. The van der Waals surface area contributed by atoms with Gasteiger partial charge in [0.15, 0.2) is 0 Å². The van der Waals surface area contributed by atoms with Gasteiger partial charge >= 0.3 is 0 Å². The smallest absolute Gasteiger partial charge is 0.250 e. The van der Waals surface area contributed by atoms with E-state index in [1.165, 1.54) is 0 Å². The number of rotatable bonds is 2. The fourth-order valence-electron chi connectivity index (χ4n) is 2.79. The molecule has 5 nitrogen and oxygen atoms in total. The molecular formula is C17H16N4O. The van der Waals surface area contributed by atoms with E-state index in [0.29, 0.717) is 16.7 Å². The van der Waals surface area contributed by atoms with Gasteiger partial charge in [0.05, 0.1) is 22.3 Å². The van der Waals surface area contributed by atoms with Crippen molar-refractivity contribution in [2.75, 3.05) is 5.73 Å². The van der Waals surface area contributed by atoms with E-state index in [2.05, 4.69) is 9.97 Å². The van der Waals surface area contributed by atoms with E-state index in [9.17, 15) is 4.79 Å².